The first-order valence-electron chi connectivity index (χ1n) is 4.20. The molecule has 1 aromatic rings. The first-order valence-corrected chi connectivity index (χ1v) is 4.20. The molecular formula is C8H13N3O2. The van der Waals surface area contributed by atoms with Crippen molar-refractivity contribution in [2.45, 2.75) is 19.9 Å². The van der Waals surface area contributed by atoms with Gasteiger partial charge in [0.15, 0.2) is 0 Å². The van der Waals surface area contributed by atoms with Crippen molar-refractivity contribution in [2.24, 2.45) is 0 Å². The van der Waals surface area contributed by atoms with Crippen molar-refractivity contribution in [3.8, 4) is 0 Å². The average molecular weight is 183 g/mol. The van der Waals surface area contributed by atoms with Crippen molar-refractivity contribution in [1.82, 2.24) is 15.0 Å². The van der Waals surface area contributed by atoms with E-state index < -0.39 is 0 Å². The minimum absolute atomic E-state index is 0.0804. The molecule has 0 aliphatic carbocycles. The molecule has 72 valence electrons. The topological polar surface area (TPSA) is 57.0 Å². The lowest BCUT2D eigenvalue weighted by Crippen LogP contribution is -2.14. The van der Waals surface area contributed by atoms with Gasteiger partial charge in [-0.25, -0.2) is 4.68 Å². The van der Waals surface area contributed by atoms with Crippen LogP contribution in [0.2, 0.25) is 0 Å². The fraction of sp³-hybridized carbons (Fsp3) is 0.625. The van der Waals surface area contributed by atoms with E-state index in [4.69, 9.17) is 4.74 Å². The van der Waals surface area contributed by atoms with Gasteiger partial charge in [-0.15, -0.1) is 5.10 Å². The summed E-state index contributed by atoms with van der Waals surface area (Å²) in [5.74, 6) is -0.0825. The number of carbonyl (C=O) groups excluding carboxylic acids is 1. The summed E-state index contributed by atoms with van der Waals surface area (Å²) >= 11 is 0. The van der Waals surface area contributed by atoms with Gasteiger partial charge in [0.1, 0.15) is 12.3 Å². The monoisotopic (exact) mass is 183 g/mol. The van der Waals surface area contributed by atoms with Crippen LogP contribution in [-0.4, -0.2) is 34.5 Å². The quantitative estimate of drug-likeness (QED) is 0.624. The first-order chi connectivity index (χ1) is 6.29. The van der Waals surface area contributed by atoms with Gasteiger partial charge >= 0.3 is 0 Å². The Bertz CT molecular complexity index is 283. The lowest BCUT2D eigenvalue weighted by Gasteiger charge is -2.02. The van der Waals surface area contributed by atoms with Crippen LogP contribution in [0.1, 0.15) is 23.8 Å². The van der Waals surface area contributed by atoms with Crippen molar-refractivity contribution < 1.29 is 9.53 Å². The van der Waals surface area contributed by atoms with Crippen LogP contribution in [0.25, 0.3) is 0 Å². The van der Waals surface area contributed by atoms with Gasteiger partial charge in [0.25, 0.3) is 0 Å². The molecule has 0 aliphatic rings. The van der Waals surface area contributed by atoms with Gasteiger partial charge in [0.05, 0.1) is 6.20 Å². The SMILES string of the molecule is CCCn1nncc1C(=O)COC. The molecule has 0 aliphatic heterocycles. The minimum atomic E-state index is -0.0825. The number of aromatic nitrogens is 3. The molecule has 1 heterocycles. The molecule has 0 atom stereocenters. The van der Waals surface area contributed by atoms with Gasteiger partial charge in [0.2, 0.25) is 5.78 Å². The van der Waals surface area contributed by atoms with Crippen LogP contribution in [0.15, 0.2) is 6.20 Å². The summed E-state index contributed by atoms with van der Waals surface area (Å²) in [5, 5.41) is 7.48. The predicted molar refractivity (Wildman–Crippen MR) is 46.5 cm³/mol. The molecule has 5 heteroatoms. The fourth-order valence-electron chi connectivity index (χ4n) is 1.06. The number of Topliss-reactive ketones (excluding diaryl/α,β-unsaturated/α-hetero) is 1. The van der Waals surface area contributed by atoms with Crippen molar-refractivity contribution >= 4 is 5.78 Å². The van der Waals surface area contributed by atoms with E-state index in [2.05, 4.69) is 10.3 Å². The van der Waals surface area contributed by atoms with Gasteiger partial charge in [-0.1, -0.05) is 12.1 Å². The average Bonchev–Trinajstić information content (AvgIpc) is 2.54. The number of ether oxygens (including phenoxy) is 1. The zero-order valence-electron chi connectivity index (χ0n) is 7.86. The van der Waals surface area contributed by atoms with Crippen LogP contribution < -0.4 is 0 Å². The second-order valence-corrected chi connectivity index (χ2v) is 2.70. The largest absolute Gasteiger partial charge is 0.376 e. The first kappa shape index (κ1) is 9.85. The second-order valence-electron chi connectivity index (χ2n) is 2.70. The molecular weight excluding hydrogens is 170 g/mol. The number of carbonyl (C=O) groups is 1. The summed E-state index contributed by atoms with van der Waals surface area (Å²) in [6.07, 6.45) is 2.40. The maximum absolute atomic E-state index is 11.4. The molecule has 0 saturated carbocycles. The Morgan fingerprint density at radius 3 is 3.08 bits per heavy atom. The van der Waals surface area contributed by atoms with Gasteiger partial charge in [-0.3, -0.25) is 4.79 Å². The summed E-state index contributed by atoms with van der Waals surface area (Å²) < 4.78 is 6.34. The molecule has 0 fully saturated rings. The molecule has 0 spiro atoms. The number of hydrogen-bond acceptors (Lipinski definition) is 4. The second kappa shape index (κ2) is 4.71. The minimum Gasteiger partial charge on any atom is -0.376 e. The molecule has 0 radical (unpaired) electrons. The van der Waals surface area contributed by atoms with Gasteiger partial charge < -0.3 is 4.74 Å². The molecule has 0 bridgehead atoms. The molecule has 0 saturated heterocycles. The highest BCUT2D eigenvalue weighted by Gasteiger charge is 2.11. The normalized spacial score (nSPS) is 10.3. The van der Waals surface area contributed by atoms with E-state index in [0.29, 0.717) is 12.2 Å². The lowest BCUT2D eigenvalue weighted by atomic mass is 10.3. The Hall–Kier alpha value is -1.23. The van der Waals surface area contributed by atoms with Crippen molar-refractivity contribution in [3.05, 3.63) is 11.9 Å². The van der Waals surface area contributed by atoms with Crippen LogP contribution in [0, 0.1) is 0 Å². The van der Waals surface area contributed by atoms with Crippen LogP contribution in [0.5, 0.6) is 0 Å². The lowest BCUT2D eigenvalue weighted by molar-refractivity contribution is 0.0837. The van der Waals surface area contributed by atoms with Gasteiger partial charge in [-0.2, -0.15) is 0 Å². The third kappa shape index (κ3) is 2.35. The molecule has 0 N–H and O–H groups in total. The third-order valence-corrected chi connectivity index (χ3v) is 1.61. The highest BCUT2D eigenvalue weighted by Crippen LogP contribution is 1.99. The summed E-state index contributed by atoms with van der Waals surface area (Å²) in [7, 11) is 1.49. The molecule has 0 amide bonds. The van der Waals surface area contributed by atoms with Crippen molar-refractivity contribution in [3.63, 3.8) is 0 Å². The Labute approximate surface area is 76.7 Å². The number of rotatable bonds is 5. The maximum Gasteiger partial charge on any atom is 0.208 e. The number of hydrogen-bond donors (Lipinski definition) is 0. The Morgan fingerprint density at radius 2 is 2.46 bits per heavy atom. The van der Waals surface area contributed by atoms with Crippen LogP contribution in [-0.2, 0) is 11.3 Å². The Balaban J connectivity index is 2.74. The van der Waals surface area contributed by atoms with Crippen LogP contribution in [0.3, 0.4) is 0 Å². The molecule has 1 rings (SSSR count). The van der Waals surface area contributed by atoms with E-state index in [1.165, 1.54) is 13.3 Å². The van der Waals surface area contributed by atoms with Crippen LogP contribution >= 0.6 is 0 Å². The predicted octanol–water partition coefficient (Wildman–Crippen LogP) is 0.517. The van der Waals surface area contributed by atoms with E-state index in [-0.39, 0.29) is 12.4 Å². The van der Waals surface area contributed by atoms with Gasteiger partial charge in [-0.05, 0) is 6.42 Å². The van der Waals surface area contributed by atoms with E-state index in [9.17, 15) is 4.79 Å². The van der Waals surface area contributed by atoms with E-state index in [1.807, 2.05) is 6.92 Å². The molecule has 0 aromatic carbocycles. The smallest absolute Gasteiger partial charge is 0.208 e. The van der Waals surface area contributed by atoms with E-state index >= 15 is 0 Å². The van der Waals surface area contributed by atoms with Gasteiger partial charge in [0, 0.05) is 13.7 Å². The maximum atomic E-state index is 11.4. The highest BCUT2D eigenvalue weighted by atomic mass is 16.5. The van der Waals surface area contributed by atoms with Crippen LogP contribution in [0.4, 0.5) is 0 Å². The summed E-state index contributed by atoms with van der Waals surface area (Å²) in [6, 6.07) is 0. The zero-order chi connectivity index (χ0) is 9.68. The van der Waals surface area contributed by atoms with E-state index in [1.54, 1.807) is 4.68 Å². The molecule has 0 unspecified atom stereocenters. The third-order valence-electron chi connectivity index (χ3n) is 1.61. The van der Waals surface area contributed by atoms with Crippen molar-refractivity contribution in [1.29, 1.82) is 0 Å². The number of nitrogens with zero attached hydrogens (tertiary/aromatic N) is 3. The summed E-state index contributed by atoms with van der Waals surface area (Å²) in [5.41, 5.74) is 0.517. The highest BCUT2D eigenvalue weighted by molar-refractivity contribution is 5.95. The summed E-state index contributed by atoms with van der Waals surface area (Å²) in [6.45, 7) is 2.81. The molecule has 1 aromatic heterocycles. The zero-order valence-corrected chi connectivity index (χ0v) is 7.86. The number of ketones is 1. The number of aryl methyl sites for hydroxylation is 1. The summed E-state index contributed by atoms with van der Waals surface area (Å²) in [4.78, 5) is 11.4. The fourth-order valence-corrected chi connectivity index (χ4v) is 1.06. The van der Waals surface area contributed by atoms with E-state index in [0.717, 1.165) is 6.42 Å². The molecule has 13 heavy (non-hydrogen) atoms. The Kier molecular flexibility index (Phi) is 3.57. The standard InChI is InChI=1S/C8H13N3O2/c1-3-4-11-7(5-9-10-11)8(12)6-13-2/h5H,3-4,6H2,1-2H3. The molecule has 5 nitrogen and oxygen atoms in total. The van der Waals surface area contributed by atoms with Crippen molar-refractivity contribution in [2.75, 3.05) is 13.7 Å². The number of methoxy groups -OCH3 is 1. The Morgan fingerprint density at radius 1 is 1.69 bits per heavy atom.